The molecule has 0 amide bonds. The first-order valence-electron chi connectivity index (χ1n) is 11.7. The van der Waals surface area contributed by atoms with E-state index < -0.39 is 41.1 Å². The van der Waals surface area contributed by atoms with Crippen LogP contribution >= 0.6 is 0 Å². The SMILES string of the molecule is CC(=O)OC1(C)CCCC(C)(O)C2OC(C1O)C1C2C(C(C)C)CCC1(C)OC(C)=O. The van der Waals surface area contributed by atoms with Gasteiger partial charge < -0.3 is 24.4 Å². The number of esters is 2. The number of hydrogen-bond acceptors (Lipinski definition) is 7. The Morgan fingerprint density at radius 1 is 1.00 bits per heavy atom. The van der Waals surface area contributed by atoms with Gasteiger partial charge in [0.05, 0.1) is 17.8 Å². The summed E-state index contributed by atoms with van der Waals surface area (Å²) in [5, 5.41) is 23.1. The first-order valence-corrected chi connectivity index (χ1v) is 11.7. The quantitative estimate of drug-likeness (QED) is 0.651. The van der Waals surface area contributed by atoms with E-state index in [0.29, 0.717) is 31.6 Å². The molecule has 2 aliphatic heterocycles. The fraction of sp³-hybridized carbons (Fsp3) is 0.917. The fourth-order valence-corrected chi connectivity index (χ4v) is 6.74. The Morgan fingerprint density at radius 3 is 2.13 bits per heavy atom. The number of rotatable bonds is 3. The van der Waals surface area contributed by atoms with Crippen molar-refractivity contribution in [3.05, 3.63) is 0 Å². The van der Waals surface area contributed by atoms with E-state index in [-0.39, 0.29) is 23.7 Å². The molecule has 1 saturated carbocycles. The predicted molar refractivity (Wildman–Crippen MR) is 114 cm³/mol. The molecule has 9 atom stereocenters. The Balaban J connectivity index is 2.14. The monoisotopic (exact) mass is 440 g/mol. The van der Waals surface area contributed by atoms with Crippen LogP contribution in [-0.2, 0) is 23.8 Å². The van der Waals surface area contributed by atoms with Gasteiger partial charge in [-0.05, 0) is 64.7 Å². The van der Waals surface area contributed by atoms with Gasteiger partial charge in [0.15, 0.2) is 0 Å². The average molecular weight is 441 g/mol. The van der Waals surface area contributed by atoms with Crippen LogP contribution in [0, 0.1) is 23.7 Å². The number of hydrogen-bond donors (Lipinski definition) is 2. The highest BCUT2D eigenvalue weighted by molar-refractivity contribution is 5.67. The summed E-state index contributed by atoms with van der Waals surface area (Å²) in [6.45, 7) is 12.5. The molecule has 3 aliphatic rings. The van der Waals surface area contributed by atoms with Crippen molar-refractivity contribution in [2.75, 3.05) is 0 Å². The largest absolute Gasteiger partial charge is 0.459 e. The van der Waals surface area contributed by atoms with Crippen LogP contribution in [0.4, 0.5) is 0 Å². The van der Waals surface area contributed by atoms with Crippen LogP contribution in [0.25, 0.3) is 0 Å². The molecule has 178 valence electrons. The highest BCUT2D eigenvalue weighted by Gasteiger charge is 2.66. The molecule has 2 bridgehead atoms. The maximum absolute atomic E-state index is 12.0. The van der Waals surface area contributed by atoms with E-state index in [1.54, 1.807) is 13.8 Å². The highest BCUT2D eigenvalue weighted by atomic mass is 16.6. The van der Waals surface area contributed by atoms with E-state index in [2.05, 4.69) is 13.8 Å². The molecule has 2 N–H and O–H groups in total. The Bertz CT molecular complexity index is 704. The molecular weight excluding hydrogens is 400 g/mol. The minimum absolute atomic E-state index is 0.0903. The van der Waals surface area contributed by atoms with Crippen LogP contribution in [0.15, 0.2) is 0 Å². The predicted octanol–water partition coefficient (Wildman–Crippen LogP) is 2.99. The van der Waals surface area contributed by atoms with Crippen molar-refractivity contribution in [3.63, 3.8) is 0 Å². The molecule has 9 unspecified atom stereocenters. The average Bonchev–Trinajstić information content (AvgIpc) is 3.02. The second-order valence-corrected chi connectivity index (χ2v) is 11.0. The van der Waals surface area contributed by atoms with Gasteiger partial charge in [-0.3, -0.25) is 9.59 Å². The van der Waals surface area contributed by atoms with E-state index in [1.165, 1.54) is 13.8 Å². The lowest BCUT2D eigenvalue weighted by Gasteiger charge is -2.51. The first kappa shape index (κ1) is 24.5. The lowest BCUT2D eigenvalue weighted by Crippen LogP contribution is -2.59. The minimum atomic E-state index is -1.15. The molecule has 2 saturated heterocycles. The molecule has 7 nitrogen and oxygen atoms in total. The van der Waals surface area contributed by atoms with E-state index >= 15 is 0 Å². The number of aliphatic hydroxyl groups excluding tert-OH is 1. The van der Waals surface area contributed by atoms with Gasteiger partial charge in [0, 0.05) is 25.7 Å². The number of aliphatic hydroxyl groups is 2. The van der Waals surface area contributed by atoms with Gasteiger partial charge in [-0.2, -0.15) is 0 Å². The lowest BCUT2D eigenvalue weighted by molar-refractivity contribution is -0.199. The van der Waals surface area contributed by atoms with Crippen LogP contribution in [0.1, 0.15) is 80.6 Å². The van der Waals surface area contributed by atoms with Crippen LogP contribution in [0.5, 0.6) is 0 Å². The summed E-state index contributed by atoms with van der Waals surface area (Å²) in [6.07, 6.45) is 0.631. The van der Waals surface area contributed by atoms with Gasteiger partial charge in [0.2, 0.25) is 0 Å². The smallest absolute Gasteiger partial charge is 0.303 e. The Hall–Kier alpha value is -1.18. The molecule has 0 radical (unpaired) electrons. The fourth-order valence-electron chi connectivity index (χ4n) is 6.74. The summed E-state index contributed by atoms with van der Waals surface area (Å²) in [5.41, 5.74) is -3.10. The van der Waals surface area contributed by atoms with Gasteiger partial charge >= 0.3 is 11.9 Å². The van der Waals surface area contributed by atoms with Crippen molar-refractivity contribution >= 4 is 11.9 Å². The van der Waals surface area contributed by atoms with Crippen LogP contribution < -0.4 is 0 Å². The summed E-state index contributed by atoms with van der Waals surface area (Å²) in [4.78, 5) is 23.9. The lowest BCUT2D eigenvalue weighted by atomic mass is 9.57. The molecule has 0 spiro atoms. The minimum Gasteiger partial charge on any atom is -0.459 e. The third kappa shape index (κ3) is 4.38. The van der Waals surface area contributed by atoms with Crippen molar-refractivity contribution in [2.45, 2.75) is 116 Å². The topological polar surface area (TPSA) is 102 Å². The standard InChI is InChI=1S/C24H40O7/c1-13(2)16-9-12-23(6,30-14(3)25)18-17(16)21-22(5,28)10-8-11-24(7,31-15(4)26)20(27)19(18)29-21/h13,16-21,27-28H,8-12H2,1-7H3. The van der Waals surface area contributed by atoms with Gasteiger partial charge in [0.25, 0.3) is 0 Å². The normalized spacial score (nSPS) is 47.7. The summed E-state index contributed by atoms with van der Waals surface area (Å²) < 4.78 is 18.0. The zero-order valence-electron chi connectivity index (χ0n) is 20.0. The third-order valence-electron chi connectivity index (χ3n) is 8.11. The van der Waals surface area contributed by atoms with Crippen molar-refractivity contribution in [2.24, 2.45) is 23.7 Å². The van der Waals surface area contributed by atoms with Crippen molar-refractivity contribution in [1.82, 2.24) is 0 Å². The maximum atomic E-state index is 12.0. The third-order valence-corrected chi connectivity index (χ3v) is 8.11. The molecule has 3 rings (SSSR count). The second kappa shape index (κ2) is 8.31. The first-order chi connectivity index (χ1) is 14.2. The van der Waals surface area contributed by atoms with Gasteiger partial charge in [-0.1, -0.05) is 13.8 Å². The van der Waals surface area contributed by atoms with Crippen LogP contribution in [0.3, 0.4) is 0 Å². The molecule has 7 heteroatoms. The molecule has 0 aromatic heterocycles. The molecule has 1 aliphatic carbocycles. The molecule has 0 aromatic rings. The molecule has 2 heterocycles. The zero-order valence-corrected chi connectivity index (χ0v) is 20.0. The number of ether oxygens (including phenoxy) is 3. The Labute approximate surface area is 185 Å². The van der Waals surface area contributed by atoms with Gasteiger partial charge in [-0.15, -0.1) is 0 Å². The highest BCUT2D eigenvalue weighted by Crippen LogP contribution is 2.58. The van der Waals surface area contributed by atoms with E-state index in [4.69, 9.17) is 14.2 Å². The summed E-state index contributed by atoms with van der Waals surface area (Å²) >= 11 is 0. The van der Waals surface area contributed by atoms with Gasteiger partial charge in [-0.25, -0.2) is 0 Å². The Morgan fingerprint density at radius 2 is 1.58 bits per heavy atom. The number of carbonyl (C=O) groups is 2. The van der Waals surface area contributed by atoms with Crippen LogP contribution in [-0.4, -0.2) is 57.3 Å². The zero-order chi connectivity index (χ0) is 23.4. The van der Waals surface area contributed by atoms with Crippen molar-refractivity contribution in [1.29, 1.82) is 0 Å². The second-order valence-electron chi connectivity index (χ2n) is 11.0. The molecule has 0 aromatic carbocycles. The number of carbonyl (C=O) groups excluding carboxylic acids is 2. The summed E-state index contributed by atoms with van der Waals surface area (Å²) in [7, 11) is 0. The maximum Gasteiger partial charge on any atom is 0.303 e. The number of fused-ring (bicyclic) bond motifs is 5. The van der Waals surface area contributed by atoms with E-state index in [1.807, 2.05) is 6.92 Å². The molecule has 3 fully saturated rings. The summed E-state index contributed by atoms with van der Waals surface area (Å²) in [6, 6.07) is 0. The molecular formula is C24H40O7. The van der Waals surface area contributed by atoms with Gasteiger partial charge in [0.1, 0.15) is 17.3 Å². The molecule has 31 heavy (non-hydrogen) atoms. The van der Waals surface area contributed by atoms with Crippen LogP contribution in [0.2, 0.25) is 0 Å². The van der Waals surface area contributed by atoms with Crippen molar-refractivity contribution in [3.8, 4) is 0 Å². The summed E-state index contributed by atoms with van der Waals surface area (Å²) in [5.74, 6) is -0.659. The van der Waals surface area contributed by atoms with Crippen molar-refractivity contribution < 1.29 is 34.0 Å². The van der Waals surface area contributed by atoms with E-state index in [9.17, 15) is 19.8 Å². The van der Waals surface area contributed by atoms with E-state index in [0.717, 1.165) is 6.42 Å². The Kier molecular flexibility index (Phi) is 6.55.